The van der Waals surface area contributed by atoms with Crippen LogP contribution in [-0.4, -0.2) is 45.0 Å². The molecule has 1 heterocycles. The molecule has 1 fully saturated rings. The number of carbonyl (C=O) groups excluding carboxylic acids is 1. The van der Waals surface area contributed by atoms with E-state index >= 15 is 0 Å². The molecule has 0 aromatic heterocycles. The fraction of sp³-hybridized carbons (Fsp3) is 0.278. The molecule has 4 atom stereocenters. The van der Waals surface area contributed by atoms with Gasteiger partial charge in [-0.15, -0.1) is 0 Å². The number of aliphatic hydroxyl groups excluding tert-OH is 2. The van der Waals surface area contributed by atoms with Crippen LogP contribution in [0.5, 0.6) is 0 Å². The van der Waals surface area contributed by atoms with Gasteiger partial charge in [0, 0.05) is 7.05 Å². The van der Waals surface area contributed by atoms with Gasteiger partial charge < -0.3 is 20.2 Å². The maximum Gasteiger partial charge on any atom is 0.254 e. The molecule has 3 N–H and O–H groups in total. The normalized spacial score (nSPS) is 28.9. The van der Waals surface area contributed by atoms with Crippen molar-refractivity contribution in [2.75, 3.05) is 7.05 Å². The Kier molecular flexibility index (Phi) is 3.93. The Balaban J connectivity index is 2.11. The fourth-order valence-corrected chi connectivity index (χ4v) is 3.28. The van der Waals surface area contributed by atoms with Gasteiger partial charge in [-0.2, -0.15) is 0 Å². The number of carbonyl (C=O) groups is 1. The predicted octanol–water partition coefficient (Wildman–Crippen LogP) is 1.03. The van der Waals surface area contributed by atoms with Crippen molar-refractivity contribution in [3.63, 3.8) is 0 Å². The maximum absolute atomic E-state index is 12.2. The highest BCUT2D eigenvalue weighted by Gasteiger charge is 2.60. The Morgan fingerprint density at radius 1 is 1.04 bits per heavy atom. The summed E-state index contributed by atoms with van der Waals surface area (Å²) in [4.78, 5) is 13.3. The molecule has 5 nitrogen and oxygen atoms in total. The molecule has 5 heteroatoms. The van der Waals surface area contributed by atoms with Gasteiger partial charge in [0.15, 0.2) is 5.72 Å². The van der Waals surface area contributed by atoms with Gasteiger partial charge in [-0.25, -0.2) is 0 Å². The van der Waals surface area contributed by atoms with Crippen molar-refractivity contribution in [3.05, 3.63) is 71.8 Å². The standard InChI is InChI=1S/C18H19NO4/c1-19-17(22)15(20)14(12-8-4-2-5-9-12)18(19,23)16(21)13-10-6-3-7-11-13/h2-11,14-16,20-21,23H,1H3/t14-,15-,16-,18+/m0/s1. The van der Waals surface area contributed by atoms with Gasteiger partial charge >= 0.3 is 0 Å². The lowest BCUT2D eigenvalue weighted by Crippen LogP contribution is -2.51. The summed E-state index contributed by atoms with van der Waals surface area (Å²) in [6.07, 6.45) is -2.76. The van der Waals surface area contributed by atoms with E-state index in [4.69, 9.17) is 0 Å². The second-order valence-electron chi connectivity index (χ2n) is 5.83. The van der Waals surface area contributed by atoms with Crippen LogP contribution < -0.4 is 0 Å². The number of hydrogen-bond acceptors (Lipinski definition) is 4. The number of hydrogen-bond donors (Lipinski definition) is 3. The Morgan fingerprint density at radius 3 is 2.13 bits per heavy atom. The Bertz CT molecular complexity index is 691. The summed E-state index contributed by atoms with van der Waals surface area (Å²) >= 11 is 0. The number of aliphatic hydroxyl groups is 3. The highest BCUT2D eigenvalue weighted by molar-refractivity contribution is 5.86. The smallest absolute Gasteiger partial charge is 0.254 e. The molecule has 0 bridgehead atoms. The summed E-state index contributed by atoms with van der Waals surface area (Å²) in [6.45, 7) is 0. The van der Waals surface area contributed by atoms with Crippen LogP contribution >= 0.6 is 0 Å². The van der Waals surface area contributed by atoms with Crippen LogP contribution in [0.2, 0.25) is 0 Å². The van der Waals surface area contributed by atoms with Crippen LogP contribution in [0.15, 0.2) is 60.7 Å². The molecular formula is C18H19NO4. The van der Waals surface area contributed by atoms with Crippen LogP contribution in [0.1, 0.15) is 23.1 Å². The largest absolute Gasteiger partial charge is 0.383 e. The molecule has 0 radical (unpaired) electrons. The summed E-state index contributed by atoms with van der Waals surface area (Å²) in [6, 6.07) is 17.4. The molecule has 0 unspecified atom stereocenters. The number of rotatable bonds is 3. The lowest BCUT2D eigenvalue weighted by molar-refractivity contribution is -0.174. The Morgan fingerprint density at radius 2 is 1.57 bits per heavy atom. The van der Waals surface area contributed by atoms with Crippen molar-refractivity contribution in [2.45, 2.75) is 23.9 Å². The first-order valence-corrected chi connectivity index (χ1v) is 7.44. The zero-order chi connectivity index (χ0) is 16.6. The summed E-state index contributed by atoms with van der Waals surface area (Å²) in [5.41, 5.74) is -0.862. The number of amides is 1. The first-order chi connectivity index (χ1) is 11.0. The second kappa shape index (κ2) is 5.77. The van der Waals surface area contributed by atoms with Crippen LogP contribution in [0, 0.1) is 0 Å². The molecule has 2 aromatic carbocycles. The predicted molar refractivity (Wildman–Crippen MR) is 84.3 cm³/mol. The molecule has 1 aliphatic heterocycles. The molecule has 3 rings (SSSR count). The minimum absolute atomic E-state index is 0.477. The molecule has 0 aliphatic carbocycles. The molecule has 0 spiro atoms. The van der Waals surface area contributed by atoms with E-state index in [1.54, 1.807) is 54.6 Å². The van der Waals surface area contributed by atoms with Gasteiger partial charge in [-0.05, 0) is 11.1 Å². The quantitative estimate of drug-likeness (QED) is 0.790. The average Bonchev–Trinajstić information content (AvgIpc) is 2.77. The molecule has 1 aliphatic rings. The summed E-state index contributed by atoms with van der Waals surface area (Å²) in [5.74, 6) is -1.56. The SMILES string of the molecule is CN1C(=O)[C@@H](O)[C@H](c2ccccc2)[C@@]1(O)[C@@H](O)c1ccccc1. The van der Waals surface area contributed by atoms with Gasteiger partial charge in [-0.1, -0.05) is 60.7 Å². The van der Waals surface area contributed by atoms with Crippen LogP contribution in [0.3, 0.4) is 0 Å². The topological polar surface area (TPSA) is 81.0 Å². The van der Waals surface area contributed by atoms with Crippen molar-refractivity contribution < 1.29 is 20.1 Å². The van der Waals surface area contributed by atoms with Crippen LogP contribution in [0.25, 0.3) is 0 Å². The van der Waals surface area contributed by atoms with E-state index in [0.29, 0.717) is 11.1 Å². The first-order valence-electron chi connectivity index (χ1n) is 7.44. The molecule has 23 heavy (non-hydrogen) atoms. The minimum atomic E-state index is -1.93. The van der Waals surface area contributed by atoms with E-state index < -0.39 is 29.8 Å². The summed E-state index contributed by atoms with van der Waals surface area (Å²) in [5, 5.41) is 32.3. The monoisotopic (exact) mass is 313 g/mol. The van der Waals surface area contributed by atoms with Crippen LogP contribution in [0.4, 0.5) is 0 Å². The molecular weight excluding hydrogens is 294 g/mol. The van der Waals surface area contributed by atoms with Gasteiger partial charge in [0.1, 0.15) is 12.2 Å². The van der Waals surface area contributed by atoms with E-state index in [0.717, 1.165) is 4.90 Å². The van der Waals surface area contributed by atoms with Gasteiger partial charge in [0.25, 0.3) is 5.91 Å². The van der Waals surface area contributed by atoms with Crippen molar-refractivity contribution in [1.29, 1.82) is 0 Å². The zero-order valence-corrected chi connectivity index (χ0v) is 12.7. The molecule has 0 saturated carbocycles. The highest BCUT2D eigenvalue weighted by atomic mass is 16.4. The average molecular weight is 313 g/mol. The minimum Gasteiger partial charge on any atom is -0.383 e. The number of likely N-dealkylation sites (N-methyl/N-ethyl adjacent to an activating group) is 1. The Hall–Kier alpha value is -2.21. The van der Waals surface area contributed by atoms with Crippen molar-refractivity contribution in [2.24, 2.45) is 0 Å². The molecule has 1 saturated heterocycles. The van der Waals surface area contributed by atoms with E-state index in [2.05, 4.69) is 0 Å². The number of benzene rings is 2. The summed E-state index contributed by atoms with van der Waals surface area (Å²) < 4.78 is 0. The molecule has 120 valence electrons. The molecule has 1 amide bonds. The second-order valence-corrected chi connectivity index (χ2v) is 5.83. The summed E-state index contributed by atoms with van der Waals surface area (Å²) in [7, 11) is 1.39. The van der Waals surface area contributed by atoms with Crippen molar-refractivity contribution in [1.82, 2.24) is 4.90 Å². The lowest BCUT2D eigenvalue weighted by Gasteiger charge is -2.39. The van der Waals surface area contributed by atoms with Gasteiger partial charge in [-0.3, -0.25) is 4.79 Å². The third kappa shape index (κ3) is 2.34. The fourth-order valence-electron chi connectivity index (χ4n) is 3.28. The van der Waals surface area contributed by atoms with E-state index in [-0.39, 0.29) is 0 Å². The Labute approximate surface area is 134 Å². The van der Waals surface area contributed by atoms with E-state index in [1.165, 1.54) is 7.05 Å². The van der Waals surface area contributed by atoms with E-state index in [9.17, 15) is 20.1 Å². The van der Waals surface area contributed by atoms with Gasteiger partial charge in [0.2, 0.25) is 0 Å². The number of nitrogens with zero attached hydrogens (tertiary/aromatic N) is 1. The maximum atomic E-state index is 12.2. The zero-order valence-electron chi connectivity index (χ0n) is 12.7. The van der Waals surface area contributed by atoms with Crippen molar-refractivity contribution >= 4 is 5.91 Å². The van der Waals surface area contributed by atoms with Crippen molar-refractivity contribution in [3.8, 4) is 0 Å². The van der Waals surface area contributed by atoms with E-state index in [1.807, 2.05) is 6.07 Å². The molecule has 2 aromatic rings. The van der Waals surface area contributed by atoms with Gasteiger partial charge in [0.05, 0.1) is 5.92 Å². The lowest BCUT2D eigenvalue weighted by atomic mass is 9.81. The highest BCUT2D eigenvalue weighted by Crippen LogP contribution is 2.47. The third-order valence-electron chi connectivity index (χ3n) is 4.57. The van der Waals surface area contributed by atoms with Crippen LogP contribution in [-0.2, 0) is 4.79 Å². The third-order valence-corrected chi connectivity index (χ3v) is 4.57. The first kappa shape index (κ1) is 15.7. The number of likely N-dealkylation sites (tertiary alicyclic amines) is 1.